The SMILES string of the molecule is O=C(Nc1cccc(-c2cccc3cc(C(=O)N[C@H]4CN5CCC4CC5)sc23)c1)c1ccco1. The minimum absolute atomic E-state index is 0.0189. The Bertz CT molecular complexity index is 1350. The van der Waals surface area contributed by atoms with Crippen molar-refractivity contribution in [1.82, 2.24) is 10.2 Å². The van der Waals surface area contributed by atoms with E-state index in [0.29, 0.717) is 11.6 Å². The fraction of sp³-hybridized carbons (Fsp3) is 0.259. The van der Waals surface area contributed by atoms with Crippen molar-refractivity contribution in [3.63, 3.8) is 0 Å². The second-order valence-corrected chi connectivity index (χ2v) is 10.1. The van der Waals surface area contributed by atoms with Gasteiger partial charge in [-0.2, -0.15) is 0 Å². The average molecular weight is 472 g/mol. The third kappa shape index (κ3) is 4.02. The Balaban J connectivity index is 1.25. The lowest BCUT2D eigenvalue weighted by Gasteiger charge is -2.44. The van der Waals surface area contributed by atoms with Gasteiger partial charge in [-0.25, -0.2) is 0 Å². The summed E-state index contributed by atoms with van der Waals surface area (Å²) < 4.78 is 6.25. The van der Waals surface area contributed by atoms with Gasteiger partial charge in [-0.3, -0.25) is 9.59 Å². The second kappa shape index (κ2) is 8.74. The topological polar surface area (TPSA) is 74.6 Å². The summed E-state index contributed by atoms with van der Waals surface area (Å²) in [5, 5.41) is 7.24. The number of fused-ring (bicyclic) bond motifs is 4. The van der Waals surface area contributed by atoms with Crippen LogP contribution in [0.3, 0.4) is 0 Å². The van der Waals surface area contributed by atoms with Crippen LogP contribution in [-0.2, 0) is 0 Å². The van der Waals surface area contributed by atoms with E-state index in [2.05, 4.69) is 21.6 Å². The number of furan rings is 1. The fourth-order valence-electron chi connectivity index (χ4n) is 5.14. The van der Waals surface area contributed by atoms with Crippen molar-refractivity contribution in [3.8, 4) is 11.1 Å². The fourth-order valence-corrected chi connectivity index (χ4v) is 6.23. The molecule has 1 atom stereocenters. The summed E-state index contributed by atoms with van der Waals surface area (Å²) in [6.07, 6.45) is 3.83. The number of nitrogens with one attached hydrogen (secondary N) is 2. The molecule has 0 aliphatic carbocycles. The summed E-state index contributed by atoms with van der Waals surface area (Å²) in [7, 11) is 0. The van der Waals surface area contributed by atoms with E-state index in [1.165, 1.54) is 30.4 Å². The number of piperidine rings is 3. The Morgan fingerprint density at radius 2 is 1.82 bits per heavy atom. The molecular weight excluding hydrogens is 446 g/mol. The van der Waals surface area contributed by atoms with E-state index in [1.54, 1.807) is 12.1 Å². The molecule has 3 fully saturated rings. The molecule has 2 aromatic heterocycles. The molecule has 34 heavy (non-hydrogen) atoms. The van der Waals surface area contributed by atoms with E-state index in [9.17, 15) is 9.59 Å². The maximum absolute atomic E-state index is 13.1. The van der Waals surface area contributed by atoms with Crippen molar-refractivity contribution in [1.29, 1.82) is 0 Å². The van der Waals surface area contributed by atoms with Gasteiger partial charge < -0.3 is 20.0 Å². The first-order valence-corrected chi connectivity index (χ1v) is 12.5. The third-order valence-electron chi connectivity index (χ3n) is 6.92. The van der Waals surface area contributed by atoms with Crippen LogP contribution in [-0.4, -0.2) is 42.4 Å². The summed E-state index contributed by atoms with van der Waals surface area (Å²) in [5.41, 5.74) is 2.71. The van der Waals surface area contributed by atoms with E-state index in [1.807, 2.05) is 42.5 Å². The van der Waals surface area contributed by atoms with Gasteiger partial charge in [0.2, 0.25) is 0 Å². The van der Waals surface area contributed by atoms with Crippen LogP contribution in [0.5, 0.6) is 0 Å². The molecule has 0 spiro atoms. The van der Waals surface area contributed by atoms with Crippen molar-refractivity contribution in [2.75, 3.05) is 25.0 Å². The maximum atomic E-state index is 13.1. The molecule has 2 bridgehead atoms. The first kappa shape index (κ1) is 21.1. The van der Waals surface area contributed by atoms with Gasteiger partial charge in [-0.05, 0) is 78.7 Å². The van der Waals surface area contributed by atoms with Gasteiger partial charge >= 0.3 is 0 Å². The smallest absolute Gasteiger partial charge is 0.291 e. The van der Waals surface area contributed by atoms with E-state index in [-0.39, 0.29) is 23.6 Å². The van der Waals surface area contributed by atoms with E-state index < -0.39 is 0 Å². The van der Waals surface area contributed by atoms with Crippen molar-refractivity contribution >= 4 is 38.9 Å². The molecular formula is C27H25N3O3S. The number of hydrogen-bond acceptors (Lipinski definition) is 5. The number of carbonyl (C=O) groups excluding carboxylic acids is 2. The zero-order chi connectivity index (χ0) is 23.1. The number of amides is 2. The minimum Gasteiger partial charge on any atom is -0.459 e. The van der Waals surface area contributed by atoms with Crippen LogP contribution in [0.25, 0.3) is 21.2 Å². The summed E-state index contributed by atoms with van der Waals surface area (Å²) in [5.74, 6) is 0.593. The summed E-state index contributed by atoms with van der Waals surface area (Å²) in [6, 6.07) is 19.4. The Kier molecular flexibility index (Phi) is 5.43. The Morgan fingerprint density at radius 3 is 2.59 bits per heavy atom. The predicted octanol–water partition coefficient (Wildman–Crippen LogP) is 5.24. The van der Waals surface area contributed by atoms with Gasteiger partial charge in [0.25, 0.3) is 11.8 Å². The lowest BCUT2D eigenvalue weighted by atomic mass is 9.84. The van der Waals surface area contributed by atoms with Crippen LogP contribution in [0.15, 0.2) is 71.3 Å². The molecule has 2 aromatic carbocycles. The number of benzene rings is 2. The molecule has 3 saturated heterocycles. The number of nitrogens with zero attached hydrogens (tertiary/aromatic N) is 1. The normalized spacial score (nSPS) is 21.5. The first-order chi connectivity index (χ1) is 16.6. The summed E-state index contributed by atoms with van der Waals surface area (Å²) in [6.45, 7) is 3.28. The Hall–Kier alpha value is -3.42. The number of thiophene rings is 1. The Morgan fingerprint density at radius 1 is 0.971 bits per heavy atom. The van der Waals surface area contributed by atoms with Crippen molar-refractivity contribution in [2.45, 2.75) is 18.9 Å². The number of hydrogen-bond donors (Lipinski definition) is 2. The van der Waals surface area contributed by atoms with E-state index in [4.69, 9.17) is 4.42 Å². The molecule has 4 aromatic rings. The molecule has 0 unspecified atom stereocenters. The monoisotopic (exact) mass is 471 g/mol. The molecule has 7 heteroatoms. The Labute approximate surface area is 201 Å². The quantitative estimate of drug-likeness (QED) is 0.418. The maximum Gasteiger partial charge on any atom is 0.291 e. The average Bonchev–Trinajstić information content (AvgIpc) is 3.55. The van der Waals surface area contributed by atoms with Gasteiger partial charge in [0, 0.05) is 23.0 Å². The van der Waals surface area contributed by atoms with Gasteiger partial charge in [-0.1, -0.05) is 30.3 Å². The first-order valence-electron chi connectivity index (χ1n) is 11.6. The summed E-state index contributed by atoms with van der Waals surface area (Å²) >= 11 is 1.53. The lowest BCUT2D eigenvalue weighted by molar-refractivity contribution is 0.0622. The lowest BCUT2D eigenvalue weighted by Crippen LogP contribution is -2.57. The zero-order valence-corrected chi connectivity index (χ0v) is 19.4. The summed E-state index contributed by atoms with van der Waals surface area (Å²) in [4.78, 5) is 28.7. The molecule has 2 N–H and O–H groups in total. The van der Waals surface area contributed by atoms with Crippen molar-refractivity contribution < 1.29 is 14.0 Å². The predicted molar refractivity (Wildman–Crippen MR) is 134 cm³/mol. The highest BCUT2D eigenvalue weighted by atomic mass is 32.1. The highest BCUT2D eigenvalue weighted by Gasteiger charge is 2.35. The molecule has 3 aliphatic heterocycles. The standard InChI is InChI=1S/C27H25N3O3S/c31-26(23-8-3-13-33-23)28-20-6-1-4-18(14-20)21-7-2-5-19-15-24(34-25(19)21)27(32)29-22-16-30-11-9-17(22)10-12-30/h1-8,13-15,17,22H,9-12,16H2,(H,28,31)(H,29,32)/t22-/m0/s1. The third-order valence-corrected chi connectivity index (χ3v) is 8.10. The van der Waals surface area contributed by atoms with Crippen LogP contribution >= 0.6 is 11.3 Å². The van der Waals surface area contributed by atoms with Gasteiger partial charge in [0.15, 0.2) is 5.76 Å². The molecule has 5 heterocycles. The van der Waals surface area contributed by atoms with Crippen molar-refractivity contribution in [3.05, 3.63) is 77.6 Å². The highest BCUT2D eigenvalue weighted by Crippen LogP contribution is 2.36. The number of rotatable bonds is 5. The molecule has 0 saturated carbocycles. The molecule has 172 valence electrons. The molecule has 3 aliphatic rings. The van der Waals surface area contributed by atoms with Crippen LogP contribution in [0.2, 0.25) is 0 Å². The van der Waals surface area contributed by atoms with Crippen LogP contribution in [0, 0.1) is 5.92 Å². The van der Waals surface area contributed by atoms with Gasteiger partial charge in [0.05, 0.1) is 11.1 Å². The molecule has 2 amide bonds. The highest BCUT2D eigenvalue weighted by molar-refractivity contribution is 7.21. The van der Waals surface area contributed by atoms with Crippen LogP contribution in [0.4, 0.5) is 5.69 Å². The van der Waals surface area contributed by atoms with Crippen LogP contribution < -0.4 is 10.6 Å². The second-order valence-electron chi connectivity index (χ2n) is 9.06. The molecule has 0 radical (unpaired) electrons. The molecule has 7 rings (SSSR count). The number of anilines is 1. The molecule has 6 nitrogen and oxygen atoms in total. The largest absolute Gasteiger partial charge is 0.459 e. The zero-order valence-electron chi connectivity index (χ0n) is 18.6. The van der Waals surface area contributed by atoms with E-state index >= 15 is 0 Å². The van der Waals surface area contributed by atoms with Gasteiger partial charge in [-0.15, -0.1) is 11.3 Å². The minimum atomic E-state index is -0.289. The van der Waals surface area contributed by atoms with Crippen molar-refractivity contribution in [2.24, 2.45) is 5.92 Å². The van der Waals surface area contributed by atoms with Gasteiger partial charge in [0.1, 0.15) is 0 Å². The van der Waals surface area contributed by atoms with Crippen LogP contribution in [0.1, 0.15) is 33.1 Å². The van der Waals surface area contributed by atoms with E-state index in [0.717, 1.165) is 45.7 Å². The number of carbonyl (C=O) groups is 2.